The van der Waals surface area contributed by atoms with Gasteiger partial charge in [0.05, 0.1) is 0 Å². The first-order valence-electron chi connectivity index (χ1n) is 5.09. The lowest BCUT2D eigenvalue weighted by Gasteiger charge is -2.01. The van der Waals surface area contributed by atoms with Crippen LogP contribution in [0.15, 0.2) is 21.7 Å². The fraction of sp³-hybridized carbons (Fsp3) is 0.500. The zero-order valence-electron chi connectivity index (χ0n) is 9.14. The minimum Gasteiger partial charge on any atom is -0.456 e. The van der Waals surface area contributed by atoms with Gasteiger partial charge in [-0.3, -0.25) is 4.79 Å². The maximum absolute atomic E-state index is 11.5. The van der Waals surface area contributed by atoms with Crippen LogP contribution in [0.5, 0.6) is 0 Å². The van der Waals surface area contributed by atoms with Gasteiger partial charge in [0, 0.05) is 18.0 Å². The molecule has 0 aliphatic rings. The van der Waals surface area contributed by atoms with Gasteiger partial charge < -0.3 is 9.73 Å². The van der Waals surface area contributed by atoms with Gasteiger partial charge in [-0.2, -0.15) is 0 Å². The summed E-state index contributed by atoms with van der Waals surface area (Å²) < 4.78 is 5.16. The number of hydrogen-bond acceptors (Lipinski definition) is 3. The molecule has 86 valence electrons. The highest BCUT2D eigenvalue weighted by Crippen LogP contribution is 2.05. The van der Waals surface area contributed by atoms with Crippen molar-refractivity contribution >= 4 is 5.91 Å². The topological polar surface area (TPSA) is 91.0 Å². The van der Waals surface area contributed by atoms with Gasteiger partial charge in [-0.05, 0) is 37.4 Å². The number of nitrogens with one attached hydrogen (secondary N) is 1. The molecule has 6 heteroatoms. The summed E-state index contributed by atoms with van der Waals surface area (Å²) in [6, 6.07) is 3.39. The normalized spacial score (nSPS) is 9.56. The van der Waals surface area contributed by atoms with Crippen LogP contribution in [0.1, 0.15) is 29.2 Å². The molecule has 0 saturated heterocycles. The molecule has 0 radical (unpaired) electrons. The fourth-order valence-electron chi connectivity index (χ4n) is 1.20. The van der Waals surface area contributed by atoms with Gasteiger partial charge in [0.1, 0.15) is 5.76 Å². The monoisotopic (exact) mass is 222 g/mol. The molecule has 1 aromatic heterocycles. The molecule has 1 heterocycles. The van der Waals surface area contributed by atoms with Crippen LogP contribution in [0, 0.1) is 6.92 Å². The summed E-state index contributed by atoms with van der Waals surface area (Å²) in [5.74, 6) is 0.831. The average molecular weight is 222 g/mol. The number of amides is 1. The first-order valence-corrected chi connectivity index (χ1v) is 5.09. The van der Waals surface area contributed by atoms with Crippen molar-refractivity contribution < 1.29 is 9.21 Å². The summed E-state index contributed by atoms with van der Waals surface area (Å²) in [5.41, 5.74) is 8.04. The molecule has 0 fully saturated rings. The van der Waals surface area contributed by atoms with Gasteiger partial charge in [-0.15, -0.1) is 0 Å². The molecule has 0 aliphatic carbocycles. The lowest BCUT2D eigenvalue weighted by molar-refractivity contribution is 0.0924. The SMILES string of the molecule is Cc1ccc(C(=O)NCCCCN=[N+]=[N-])o1. The molecular formula is C10H14N4O2. The lowest BCUT2D eigenvalue weighted by atomic mass is 10.3. The molecule has 16 heavy (non-hydrogen) atoms. The third kappa shape index (κ3) is 4.06. The minimum atomic E-state index is -0.211. The Morgan fingerprint density at radius 1 is 1.56 bits per heavy atom. The highest BCUT2D eigenvalue weighted by atomic mass is 16.3. The third-order valence-corrected chi connectivity index (χ3v) is 2.00. The maximum Gasteiger partial charge on any atom is 0.286 e. The lowest BCUT2D eigenvalue weighted by Crippen LogP contribution is -2.24. The van der Waals surface area contributed by atoms with Crippen molar-refractivity contribution in [2.24, 2.45) is 5.11 Å². The van der Waals surface area contributed by atoms with E-state index in [1.165, 1.54) is 0 Å². The van der Waals surface area contributed by atoms with Crippen LogP contribution in [-0.2, 0) is 0 Å². The van der Waals surface area contributed by atoms with Crippen molar-refractivity contribution in [3.05, 3.63) is 34.1 Å². The summed E-state index contributed by atoms with van der Waals surface area (Å²) in [6.07, 6.45) is 1.55. The zero-order chi connectivity index (χ0) is 11.8. The molecule has 6 nitrogen and oxygen atoms in total. The number of hydrogen-bond donors (Lipinski definition) is 1. The van der Waals surface area contributed by atoms with E-state index in [1.807, 2.05) is 0 Å². The summed E-state index contributed by atoms with van der Waals surface area (Å²) in [6.45, 7) is 2.81. The number of furan rings is 1. The summed E-state index contributed by atoms with van der Waals surface area (Å²) in [7, 11) is 0. The van der Waals surface area contributed by atoms with E-state index in [1.54, 1.807) is 19.1 Å². The Kier molecular flexibility index (Phi) is 4.95. The van der Waals surface area contributed by atoms with Gasteiger partial charge >= 0.3 is 0 Å². The zero-order valence-corrected chi connectivity index (χ0v) is 9.14. The largest absolute Gasteiger partial charge is 0.456 e. The van der Waals surface area contributed by atoms with Crippen molar-refractivity contribution in [2.45, 2.75) is 19.8 Å². The summed E-state index contributed by atoms with van der Waals surface area (Å²) >= 11 is 0. The van der Waals surface area contributed by atoms with Crippen LogP contribution in [-0.4, -0.2) is 19.0 Å². The molecule has 0 atom stereocenters. The van der Waals surface area contributed by atoms with Crippen molar-refractivity contribution in [3.8, 4) is 0 Å². The van der Waals surface area contributed by atoms with E-state index in [2.05, 4.69) is 15.3 Å². The summed E-state index contributed by atoms with van der Waals surface area (Å²) in [4.78, 5) is 14.1. The molecule has 0 bridgehead atoms. The van der Waals surface area contributed by atoms with Crippen molar-refractivity contribution in [1.82, 2.24) is 5.32 Å². The maximum atomic E-state index is 11.5. The van der Waals surface area contributed by atoms with Crippen molar-refractivity contribution in [1.29, 1.82) is 0 Å². The Bertz CT molecular complexity index is 393. The van der Waals surface area contributed by atoms with E-state index in [0.717, 1.165) is 12.8 Å². The van der Waals surface area contributed by atoms with Crippen LogP contribution in [0.25, 0.3) is 10.4 Å². The molecule has 0 saturated carbocycles. The van der Waals surface area contributed by atoms with E-state index in [0.29, 0.717) is 24.6 Å². The van der Waals surface area contributed by atoms with Gasteiger partial charge in [0.2, 0.25) is 0 Å². The van der Waals surface area contributed by atoms with E-state index < -0.39 is 0 Å². The minimum absolute atomic E-state index is 0.211. The van der Waals surface area contributed by atoms with Gasteiger partial charge in [-0.1, -0.05) is 5.11 Å². The number of nitrogens with zero attached hydrogens (tertiary/aromatic N) is 3. The summed E-state index contributed by atoms with van der Waals surface area (Å²) in [5, 5.41) is 6.12. The quantitative estimate of drug-likeness (QED) is 0.346. The highest BCUT2D eigenvalue weighted by molar-refractivity contribution is 5.91. The third-order valence-electron chi connectivity index (χ3n) is 2.00. The van der Waals surface area contributed by atoms with E-state index >= 15 is 0 Å². The molecule has 1 rings (SSSR count). The van der Waals surface area contributed by atoms with Crippen LogP contribution in [0.4, 0.5) is 0 Å². The van der Waals surface area contributed by atoms with Crippen LogP contribution in [0.3, 0.4) is 0 Å². The second-order valence-electron chi connectivity index (χ2n) is 3.33. The second-order valence-corrected chi connectivity index (χ2v) is 3.33. The van der Waals surface area contributed by atoms with E-state index in [9.17, 15) is 4.79 Å². The Balaban J connectivity index is 2.18. The number of azide groups is 1. The van der Waals surface area contributed by atoms with Crippen LogP contribution >= 0.6 is 0 Å². The molecule has 0 aromatic carbocycles. The highest BCUT2D eigenvalue weighted by Gasteiger charge is 2.08. The van der Waals surface area contributed by atoms with Gasteiger partial charge in [0.15, 0.2) is 5.76 Å². The van der Waals surface area contributed by atoms with E-state index in [-0.39, 0.29) is 5.91 Å². The second kappa shape index (κ2) is 6.53. The van der Waals surface area contributed by atoms with Crippen LogP contribution in [0.2, 0.25) is 0 Å². The number of rotatable bonds is 6. The Labute approximate surface area is 93.3 Å². The predicted octanol–water partition coefficient (Wildman–Crippen LogP) is 2.41. The number of carbonyl (C=O) groups is 1. The first-order chi connectivity index (χ1) is 7.74. The molecule has 0 unspecified atom stereocenters. The molecule has 1 aromatic rings. The number of unbranched alkanes of at least 4 members (excludes halogenated alkanes) is 1. The number of aryl methyl sites for hydroxylation is 1. The fourth-order valence-corrected chi connectivity index (χ4v) is 1.20. The molecule has 0 spiro atoms. The molecule has 0 aliphatic heterocycles. The van der Waals surface area contributed by atoms with E-state index in [4.69, 9.17) is 9.95 Å². The van der Waals surface area contributed by atoms with Crippen LogP contribution < -0.4 is 5.32 Å². The van der Waals surface area contributed by atoms with Crippen molar-refractivity contribution in [3.63, 3.8) is 0 Å². The molecule has 1 N–H and O–H groups in total. The standard InChI is InChI=1S/C10H14N4O2/c1-8-4-5-9(16-8)10(15)12-6-2-3-7-13-14-11/h4-5H,2-3,6-7H2,1H3,(H,12,15). The smallest absolute Gasteiger partial charge is 0.286 e. The molecular weight excluding hydrogens is 208 g/mol. The first kappa shape index (κ1) is 12.1. The number of carbonyl (C=O) groups excluding carboxylic acids is 1. The molecule has 1 amide bonds. The Morgan fingerprint density at radius 3 is 3.00 bits per heavy atom. The van der Waals surface area contributed by atoms with Gasteiger partial charge in [0.25, 0.3) is 5.91 Å². The van der Waals surface area contributed by atoms with Gasteiger partial charge in [-0.25, -0.2) is 0 Å². The average Bonchev–Trinajstić information content (AvgIpc) is 2.70. The Hall–Kier alpha value is -1.94. The predicted molar refractivity (Wildman–Crippen MR) is 59.0 cm³/mol. The van der Waals surface area contributed by atoms with Crippen molar-refractivity contribution in [2.75, 3.05) is 13.1 Å². The Morgan fingerprint density at radius 2 is 2.38 bits per heavy atom.